The summed E-state index contributed by atoms with van der Waals surface area (Å²) in [5, 5.41) is 1.60. The van der Waals surface area contributed by atoms with Gasteiger partial charge in [0.2, 0.25) is 0 Å². The van der Waals surface area contributed by atoms with E-state index in [1.54, 1.807) is 48.4 Å². The Morgan fingerprint density at radius 1 is 1.03 bits per heavy atom. The first-order valence-electron chi connectivity index (χ1n) is 11.2. The minimum absolute atomic E-state index is 0.0649. The van der Waals surface area contributed by atoms with Crippen LogP contribution in [0.3, 0.4) is 0 Å². The van der Waals surface area contributed by atoms with Crippen LogP contribution in [0.15, 0.2) is 96.7 Å². The second-order valence-electron chi connectivity index (χ2n) is 8.44. The number of rotatable bonds is 6. The lowest BCUT2D eigenvalue weighted by molar-refractivity contribution is 0.238. The summed E-state index contributed by atoms with van der Waals surface area (Å²) in [5.74, 6) is 0.695. The number of pyridine rings is 1. The van der Waals surface area contributed by atoms with Crippen molar-refractivity contribution in [1.29, 1.82) is 0 Å². The number of benzene rings is 3. The van der Waals surface area contributed by atoms with Gasteiger partial charge in [-0.25, -0.2) is 4.98 Å². The highest BCUT2D eigenvalue weighted by Gasteiger charge is 2.21. The lowest BCUT2D eigenvalue weighted by Gasteiger charge is -2.21. The van der Waals surface area contributed by atoms with Gasteiger partial charge in [-0.05, 0) is 64.7 Å². The molecule has 0 saturated heterocycles. The van der Waals surface area contributed by atoms with Gasteiger partial charge in [-0.15, -0.1) is 0 Å². The summed E-state index contributed by atoms with van der Waals surface area (Å²) >= 11 is 6.08. The lowest BCUT2D eigenvalue weighted by Crippen LogP contribution is -2.17. The molecule has 1 atom stereocenters. The molecule has 2 aromatic heterocycles. The maximum Gasteiger partial charge on any atom is 0.251 e. The molecule has 1 unspecified atom stereocenters. The molecule has 174 valence electrons. The number of hydrogen-bond donors (Lipinski definition) is 0. The van der Waals surface area contributed by atoms with Gasteiger partial charge >= 0.3 is 0 Å². The molecule has 3 aromatic carbocycles. The molecule has 0 fully saturated rings. The number of imidazole rings is 1. The topological polar surface area (TPSA) is 49.1 Å². The summed E-state index contributed by atoms with van der Waals surface area (Å²) < 4.78 is 10.1. The first kappa shape index (κ1) is 22.7. The normalized spacial score (nSPS) is 12.0. The minimum Gasteiger partial charge on any atom is -0.479 e. The number of aryl methyl sites for hydroxylation is 2. The van der Waals surface area contributed by atoms with Crippen LogP contribution in [0.25, 0.3) is 28.1 Å². The predicted molar refractivity (Wildman–Crippen MR) is 142 cm³/mol. The van der Waals surface area contributed by atoms with Crippen LogP contribution in [0.1, 0.15) is 22.9 Å². The molecule has 0 radical (unpaired) electrons. The van der Waals surface area contributed by atoms with E-state index in [1.807, 2.05) is 60.1 Å². The smallest absolute Gasteiger partial charge is 0.251 e. The summed E-state index contributed by atoms with van der Waals surface area (Å²) in [6.45, 7) is 3.88. The van der Waals surface area contributed by atoms with Crippen molar-refractivity contribution in [2.45, 2.75) is 6.10 Å². The van der Waals surface area contributed by atoms with E-state index in [4.69, 9.17) is 16.3 Å². The molecule has 5 aromatic rings. The van der Waals surface area contributed by atoms with Crippen molar-refractivity contribution in [2.24, 2.45) is 14.1 Å². The quantitative estimate of drug-likeness (QED) is 0.282. The zero-order chi connectivity index (χ0) is 24.5. The van der Waals surface area contributed by atoms with E-state index in [1.165, 1.54) is 0 Å². The van der Waals surface area contributed by atoms with E-state index in [-0.39, 0.29) is 5.56 Å². The number of nitrogens with zero attached hydrogens (tertiary/aromatic N) is 3. The Morgan fingerprint density at radius 3 is 2.54 bits per heavy atom. The number of fused-ring (bicyclic) bond motifs is 1. The summed E-state index contributed by atoms with van der Waals surface area (Å²) in [5.41, 5.74) is 5.43. The van der Waals surface area contributed by atoms with E-state index < -0.39 is 6.10 Å². The number of halogens is 1. The summed E-state index contributed by atoms with van der Waals surface area (Å²) in [4.78, 5) is 17.1. The molecule has 5 nitrogen and oxygen atoms in total. The molecule has 0 aliphatic heterocycles. The van der Waals surface area contributed by atoms with Crippen molar-refractivity contribution in [3.63, 3.8) is 0 Å². The van der Waals surface area contributed by atoms with Crippen molar-refractivity contribution < 1.29 is 4.74 Å². The average molecular weight is 482 g/mol. The van der Waals surface area contributed by atoms with Gasteiger partial charge in [0.15, 0.2) is 6.10 Å². The first-order valence-corrected chi connectivity index (χ1v) is 11.6. The van der Waals surface area contributed by atoms with Gasteiger partial charge in [0, 0.05) is 30.6 Å². The standard InChI is InChI=1S/C29H24ClN3O2/c1-4-19-6-5-7-20(14-19)24-16-28(34)33(3)26-13-8-21(15-25(24)26)29(27-17-31-18-32(27)2)35-23-11-9-22(30)10-12-23/h4-18,29H,1H2,2-3H3. The second kappa shape index (κ2) is 9.28. The van der Waals surface area contributed by atoms with Crippen molar-refractivity contribution >= 4 is 28.6 Å². The number of ether oxygens (including phenoxy) is 1. The highest BCUT2D eigenvalue weighted by Crippen LogP contribution is 2.34. The van der Waals surface area contributed by atoms with Gasteiger partial charge in [0.05, 0.1) is 23.7 Å². The molecule has 0 saturated carbocycles. The van der Waals surface area contributed by atoms with Crippen LogP contribution in [-0.2, 0) is 14.1 Å². The van der Waals surface area contributed by atoms with E-state index in [2.05, 4.69) is 17.6 Å². The Balaban J connectivity index is 1.71. The van der Waals surface area contributed by atoms with Crippen molar-refractivity contribution in [3.8, 4) is 16.9 Å². The molecule has 35 heavy (non-hydrogen) atoms. The molecule has 2 heterocycles. The third-order valence-electron chi connectivity index (χ3n) is 6.20. The fourth-order valence-corrected chi connectivity index (χ4v) is 4.41. The first-order chi connectivity index (χ1) is 16.9. The average Bonchev–Trinajstić information content (AvgIpc) is 3.31. The highest BCUT2D eigenvalue weighted by molar-refractivity contribution is 6.30. The molecular weight excluding hydrogens is 458 g/mol. The van der Waals surface area contributed by atoms with Crippen molar-refractivity contribution in [3.05, 3.63) is 124 Å². The van der Waals surface area contributed by atoms with Gasteiger partial charge in [0.25, 0.3) is 5.56 Å². The third-order valence-corrected chi connectivity index (χ3v) is 6.45. The van der Waals surface area contributed by atoms with Gasteiger partial charge in [-0.1, -0.05) is 48.5 Å². The predicted octanol–water partition coefficient (Wildman–Crippen LogP) is 6.40. The van der Waals surface area contributed by atoms with Crippen molar-refractivity contribution in [2.75, 3.05) is 0 Å². The Hall–Kier alpha value is -4.09. The van der Waals surface area contributed by atoms with E-state index in [9.17, 15) is 4.79 Å². The third kappa shape index (κ3) is 4.38. The van der Waals surface area contributed by atoms with Gasteiger partial charge in [-0.2, -0.15) is 0 Å². The largest absolute Gasteiger partial charge is 0.479 e. The lowest BCUT2D eigenvalue weighted by atomic mass is 9.96. The maximum atomic E-state index is 12.8. The van der Waals surface area contributed by atoms with Crippen LogP contribution in [0, 0.1) is 0 Å². The Morgan fingerprint density at radius 2 is 1.83 bits per heavy atom. The van der Waals surface area contributed by atoms with E-state index in [0.717, 1.165) is 38.9 Å². The van der Waals surface area contributed by atoms with Crippen molar-refractivity contribution in [1.82, 2.24) is 14.1 Å². The van der Waals surface area contributed by atoms with Crippen LogP contribution in [0.4, 0.5) is 0 Å². The molecule has 6 heteroatoms. The Bertz CT molecular complexity index is 1600. The fraction of sp³-hybridized carbons (Fsp3) is 0.103. The SMILES string of the molecule is C=Cc1cccc(-c2cc(=O)n(C)c3ccc(C(Oc4ccc(Cl)cc4)c4cncn4C)cc23)c1. The van der Waals surface area contributed by atoms with E-state index in [0.29, 0.717) is 10.8 Å². The molecule has 0 bridgehead atoms. The molecule has 0 amide bonds. The van der Waals surface area contributed by atoms with Crippen LogP contribution in [-0.4, -0.2) is 14.1 Å². The summed E-state index contributed by atoms with van der Waals surface area (Å²) in [6, 6.07) is 23.1. The van der Waals surface area contributed by atoms with Crippen LogP contribution < -0.4 is 10.3 Å². The van der Waals surface area contributed by atoms with Crippen LogP contribution in [0.5, 0.6) is 5.75 Å². The Kier molecular flexibility index (Phi) is 6.01. The molecule has 5 rings (SSSR count). The molecule has 0 spiro atoms. The number of aromatic nitrogens is 3. The van der Waals surface area contributed by atoms with Gasteiger partial charge < -0.3 is 13.9 Å². The minimum atomic E-state index is -0.419. The molecule has 0 aliphatic rings. The van der Waals surface area contributed by atoms with Gasteiger partial charge in [-0.3, -0.25) is 4.79 Å². The number of hydrogen-bond acceptors (Lipinski definition) is 3. The second-order valence-corrected chi connectivity index (χ2v) is 8.88. The molecule has 0 aliphatic carbocycles. The zero-order valence-electron chi connectivity index (χ0n) is 19.5. The fourth-order valence-electron chi connectivity index (χ4n) is 4.28. The monoisotopic (exact) mass is 481 g/mol. The summed E-state index contributed by atoms with van der Waals surface area (Å²) in [6.07, 6.45) is 4.94. The highest BCUT2D eigenvalue weighted by atomic mass is 35.5. The van der Waals surface area contributed by atoms with E-state index >= 15 is 0 Å². The zero-order valence-corrected chi connectivity index (χ0v) is 20.2. The molecular formula is C29H24ClN3O2. The van der Waals surface area contributed by atoms with Crippen LogP contribution >= 0.6 is 11.6 Å². The summed E-state index contributed by atoms with van der Waals surface area (Å²) in [7, 11) is 3.73. The Labute approximate surface area is 208 Å². The van der Waals surface area contributed by atoms with Gasteiger partial charge in [0.1, 0.15) is 5.75 Å². The molecule has 0 N–H and O–H groups in total. The van der Waals surface area contributed by atoms with Crippen LogP contribution in [0.2, 0.25) is 5.02 Å². The maximum absolute atomic E-state index is 12.8.